The van der Waals surface area contributed by atoms with Gasteiger partial charge in [0.25, 0.3) is 0 Å². The van der Waals surface area contributed by atoms with Crippen LogP contribution in [0.1, 0.15) is 17.1 Å². The van der Waals surface area contributed by atoms with Crippen molar-refractivity contribution in [3.8, 4) is 6.01 Å². The van der Waals surface area contributed by atoms with Crippen LogP contribution in [0.2, 0.25) is 0 Å². The molecular weight excluding hydrogens is 281 g/mol. The van der Waals surface area contributed by atoms with E-state index in [0.29, 0.717) is 17.6 Å². The zero-order valence-electron chi connectivity index (χ0n) is 8.29. The fourth-order valence-corrected chi connectivity index (χ4v) is 1.63. The van der Waals surface area contributed by atoms with Crippen molar-refractivity contribution in [3.63, 3.8) is 0 Å². The lowest BCUT2D eigenvalue weighted by molar-refractivity contribution is 0.504. The van der Waals surface area contributed by atoms with Crippen LogP contribution in [0.15, 0.2) is 15.2 Å². The summed E-state index contributed by atoms with van der Waals surface area (Å²) >= 11 is 9.08. The molecule has 0 bridgehead atoms. The van der Waals surface area contributed by atoms with Crippen LogP contribution in [-0.2, 0) is 5.88 Å². The van der Waals surface area contributed by atoms with Crippen LogP contribution < -0.4 is 0 Å². The van der Waals surface area contributed by atoms with E-state index in [0.717, 1.165) is 15.9 Å². The molecule has 0 spiro atoms. The summed E-state index contributed by atoms with van der Waals surface area (Å²) in [6, 6.07) is 0.442. The summed E-state index contributed by atoms with van der Waals surface area (Å²) in [4.78, 5) is 4.20. The zero-order chi connectivity index (χ0) is 11.0. The summed E-state index contributed by atoms with van der Waals surface area (Å²) in [5, 5.41) is 4.30. The second kappa shape index (κ2) is 3.98. The van der Waals surface area contributed by atoms with Crippen LogP contribution in [0, 0.1) is 13.8 Å². The molecule has 2 rings (SSSR count). The SMILES string of the molecule is Cc1nn(-c2nc(CCl)co2)c(C)c1Br. The minimum absolute atomic E-state index is 0.337. The number of hydrogen-bond donors (Lipinski definition) is 0. The number of aromatic nitrogens is 3. The van der Waals surface area contributed by atoms with Gasteiger partial charge in [0.15, 0.2) is 0 Å². The molecular formula is C9H9BrClN3O. The molecule has 2 heterocycles. The van der Waals surface area contributed by atoms with Crippen LogP contribution in [0.3, 0.4) is 0 Å². The smallest absolute Gasteiger partial charge is 0.323 e. The predicted molar refractivity (Wildman–Crippen MR) is 60.4 cm³/mol. The highest BCUT2D eigenvalue weighted by molar-refractivity contribution is 9.10. The van der Waals surface area contributed by atoms with Crippen molar-refractivity contribution in [2.24, 2.45) is 0 Å². The van der Waals surface area contributed by atoms with Gasteiger partial charge in [0.1, 0.15) is 6.26 Å². The van der Waals surface area contributed by atoms with Crippen molar-refractivity contribution in [1.29, 1.82) is 0 Å². The molecule has 0 aromatic carbocycles. The highest BCUT2D eigenvalue weighted by Crippen LogP contribution is 2.22. The summed E-state index contributed by atoms with van der Waals surface area (Å²) in [6.45, 7) is 3.85. The first-order chi connectivity index (χ1) is 7.13. The van der Waals surface area contributed by atoms with Gasteiger partial charge in [-0.1, -0.05) is 0 Å². The highest BCUT2D eigenvalue weighted by Gasteiger charge is 2.14. The van der Waals surface area contributed by atoms with Gasteiger partial charge in [-0.05, 0) is 29.8 Å². The Kier molecular flexibility index (Phi) is 2.84. The van der Waals surface area contributed by atoms with Crippen LogP contribution >= 0.6 is 27.5 Å². The Hall–Kier alpha value is -0.810. The van der Waals surface area contributed by atoms with E-state index in [2.05, 4.69) is 26.0 Å². The highest BCUT2D eigenvalue weighted by atomic mass is 79.9. The number of alkyl halides is 1. The Morgan fingerprint density at radius 1 is 1.53 bits per heavy atom. The van der Waals surface area contributed by atoms with Crippen molar-refractivity contribution >= 4 is 27.5 Å². The number of oxazole rings is 1. The first kappa shape index (κ1) is 10.7. The lowest BCUT2D eigenvalue weighted by Gasteiger charge is -1.96. The molecule has 0 aliphatic carbocycles. The van der Waals surface area contributed by atoms with E-state index in [4.69, 9.17) is 16.0 Å². The van der Waals surface area contributed by atoms with Crippen molar-refractivity contribution in [2.75, 3.05) is 0 Å². The topological polar surface area (TPSA) is 43.9 Å². The van der Waals surface area contributed by atoms with Crippen molar-refractivity contribution in [3.05, 3.63) is 27.8 Å². The van der Waals surface area contributed by atoms with Crippen LogP contribution in [-0.4, -0.2) is 14.8 Å². The number of rotatable bonds is 2. The summed E-state index contributed by atoms with van der Waals surface area (Å²) < 4.78 is 7.89. The lowest BCUT2D eigenvalue weighted by atomic mass is 10.4. The molecule has 0 aliphatic rings. The predicted octanol–water partition coefficient (Wildman–Crippen LogP) is 2.98. The summed E-state index contributed by atoms with van der Waals surface area (Å²) in [6.07, 6.45) is 1.53. The maximum Gasteiger partial charge on any atom is 0.323 e. The van der Waals surface area contributed by atoms with Gasteiger partial charge in [-0.15, -0.1) is 11.6 Å². The molecule has 15 heavy (non-hydrogen) atoms. The van der Waals surface area contributed by atoms with Crippen LogP contribution in [0.4, 0.5) is 0 Å². The molecule has 0 saturated heterocycles. The largest absolute Gasteiger partial charge is 0.430 e. The monoisotopic (exact) mass is 289 g/mol. The molecule has 2 aromatic heterocycles. The van der Waals surface area contributed by atoms with Gasteiger partial charge < -0.3 is 4.42 Å². The van der Waals surface area contributed by atoms with Gasteiger partial charge in [0.05, 0.1) is 27.4 Å². The molecule has 0 aliphatic heterocycles. The number of aryl methyl sites for hydroxylation is 1. The fraction of sp³-hybridized carbons (Fsp3) is 0.333. The molecule has 0 amide bonds. The molecule has 80 valence electrons. The number of nitrogens with zero attached hydrogens (tertiary/aromatic N) is 3. The molecule has 0 unspecified atom stereocenters. The Bertz CT molecular complexity index is 492. The Labute approximate surface area is 100 Å². The van der Waals surface area contributed by atoms with E-state index in [1.165, 1.54) is 6.26 Å². The maximum atomic E-state index is 5.64. The summed E-state index contributed by atoms with van der Waals surface area (Å²) in [5.41, 5.74) is 2.56. The molecule has 0 atom stereocenters. The third kappa shape index (κ3) is 1.81. The maximum absolute atomic E-state index is 5.64. The minimum atomic E-state index is 0.337. The average Bonchev–Trinajstić information content (AvgIpc) is 2.79. The molecule has 2 aromatic rings. The van der Waals surface area contributed by atoms with E-state index in [-0.39, 0.29) is 0 Å². The van der Waals surface area contributed by atoms with Crippen molar-refractivity contribution in [2.45, 2.75) is 19.7 Å². The molecule has 0 fully saturated rings. The van der Waals surface area contributed by atoms with Crippen molar-refractivity contribution in [1.82, 2.24) is 14.8 Å². The summed E-state index contributed by atoms with van der Waals surface area (Å²) in [7, 11) is 0. The van der Waals surface area contributed by atoms with Gasteiger partial charge in [-0.25, -0.2) is 0 Å². The Morgan fingerprint density at radius 2 is 2.27 bits per heavy atom. The zero-order valence-corrected chi connectivity index (χ0v) is 10.6. The minimum Gasteiger partial charge on any atom is -0.430 e. The van der Waals surface area contributed by atoms with E-state index >= 15 is 0 Å². The van der Waals surface area contributed by atoms with E-state index in [1.807, 2.05) is 13.8 Å². The van der Waals surface area contributed by atoms with E-state index in [9.17, 15) is 0 Å². The van der Waals surface area contributed by atoms with Crippen molar-refractivity contribution < 1.29 is 4.42 Å². The average molecular weight is 291 g/mol. The summed E-state index contributed by atoms with van der Waals surface area (Å²) in [5.74, 6) is 0.337. The van der Waals surface area contributed by atoms with Gasteiger partial charge in [0.2, 0.25) is 0 Å². The normalized spacial score (nSPS) is 10.9. The van der Waals surface area contributed by atoms with Gasteiger partial charge in [-0.2, -0.15) is 14.8 Å². The number of halogens is 2. The van der Waals surface area contributed by atoms with Gasteiger partial charge in [0, 0.05) is 0 Å². The molecule has 0 saturated carbocycles. The van der Waals surface area contributed by atoms with Crippen LogP contribution in [0.25, 0.3) is 6.01 Å². The molecule has 6 heteroatoms. The standard InChI is InChI=1S/C9H9BrClN3O/c1-5-8(10)6(2)14(13-5)9-12-7(3-11)4-15-9/h4H,3H2,1-2H3. The van der Waals surface area contributed by atoms with Gasteiger partial charge >= 0.3 is 6.01 Å². The fourth-order valence-electron chi connectivity index (χ4n) is 1.26. The van der Waals surface area contributed by atoms with Crippen LogP contribution in [0.5, 0.6) is 0 Å². The molecule has 0 N–H and O–H groups in total. The second-order valence-corrected chi connectivity index (χ2v) is 4.21. The first-order valence-corrected chi connectivity index (χ1v) is 5.68. The third-order valence-electron chi connectivity index (χ3n) is 2.06. The van der Waals surface area contributed by atoms with E-state index in [1.54, 1.807) is 4.68 Å². The molecule has 4 nitrogen and oxygen atoms in total. The van der Waals surface area contributed by atoms with Gasteiger partial charge in [-0.3, -0.25) is 0 Å². The first-order valence-electron chi connectivity index (χ1n) is 4.36. The lowest BCUT2D eigenvalue weighted by Crippen LogP contribution is -1.99. The second-order valence-electron chi connectivity index (χ2n) is 3.15. The molecule has 0 radical (unpaired) electrons. The van der Waals surface area contributed by atoms with E-state index < -0.39 is 0 Å². The third-order valence-corrected chi connectivity index (χ3v) is 3.48. The number of hydrogen-bond acceptors (Lipinski definition) is 3. The Balaban J connectivity index is 2.49. The quantitative estimate of drug-likeness (QED) is 0.799. The Morgan fingerprint density at radius 3 is 2.73 bits per heavy atom.